The zero-order valence-corrected chi connectivity index (χ0v) is 11.9. The molecule has 0 atom stereocenters. The zero-order chi connectivity index (χ0) is 13.7. The summed E-state index contributed by atoms with van der Waals surface area (Å²) in [4.78, 5) is 4.62. The maximum atomic E-state index is 9.01. The molecule has 0 spiro atoms. The van der Waals surface area contributed by atoms with Crippen LogP contribution in [-0.4, -0.2) is 51.3 Å². The van der Waals surface area contributed by atoms with Gasteiger partial charge in [0, 0.05) is 39.8 Å². The molecule has 0 radical (unpaired) electrons. The minimum atomic E-state index is 0.543. The SMILES string of the molecule is COCCN1CCN(c2cccc(C#N)c2Cl)CC1. The number of hydrogen-bond donors (Lipinski definition) is 0. The summed E-state index contributed by atoms with van der Waals surface area (Å²) in [6, 6.07) is 7.74. The largest absolute Gasteiger partial charge is 0.383 e. The maximum absolute atomic E-state index is 9.01. The van der Waals surface area contributed by atoms with E-state index in [0.29, 0.717) is 10.6 Å². The van der Waals surface area contributed by atoms with Gasteiger partial charge >= 0.3 is 0 Å². The first-order chi connectivity index (χ1) is 9.26. The summed E-state index contributed by atoms with van der Waals surface area (Å²) in [7, 11) is 1.73. The van der Waals surface area contributed by atoms with E-state index in [2.05, 4.69) is 15.9 Å². The number of halogens is 1. The van der Waals surface area contributed by atoms with E-state index in [1.165, 1.54) is 0 Å². The average molecular weight is 280 g/mol. The van der Waals surface area contributed by atoms with Crippen molar-refractivity contribution in [3.8, 4) is 6.07 Å². The van der Waals surface area contributed by atoms with Crippen molar-refractivity contribution in [2.75, 3.05) is 51.3 Å². The van der Waals surface area contributed by atoms with Crippen LogP contribution in [0.3, 0.4) is 0 Å². The van der Waals surface area contributed by atoms with Gasteiger partial charge in [0.1, 0.15) is 6.07 Å². The van der Waals surface area contributed by atoms with Gasteiger partial charge in [0.05, 0.1) is 22.9 Å². The van der Waals surface area contributed by atoms with Crippen LogP contribution in [-0.2, 0) is 4.74 Å². The topological polar surface area (TPSA) is 39.5 Å². The molecule has 2 rings (SSSR count). The van der Waals surface area contributed by atoms with E-state index in [1.807, 2.05) is 12.1 Å². The Labute approximate surface area is 119 Å². The molecule has 102 valence electrons. The smallest absolute Gasteiger partial charge is 0.101 e. The molecular formula is C14H18ClN3O. The first-order valence-corrected chi connectivity index (χ1v) is 6.79. The number of ether oxygens (including phenoxy) is 1. The Morgan fingerprint density at radius 1 is 1.32 bits per heavy atom. The fourth-order valence-corrected chi connectivity index (χ4v) is 2.57. The second-order valence-corrected chi connectivity index (χ2v) is 4.95. The predicted molar refractivity (Wildman–Crippen MR) is 76.7 cm³/mol. The van der Waals surface area contributed by atoms with Crippen molar-refractivity contribution in [1.29, 1.82) is 5.26 Å². The van der Waals surface area contributed by atoms with Gasteiger partial charge in [-0.3, -0.25) is 4.90 Å². The summed E-state index contributed by atoms with van der Waals surface area (Å²) >= 11 is 6.26. The third-order valence-corrected chi connectivity index (χ3v) is 3.82. The fourth-order valence-electron chi connectivity index (χ4n) is 2.28. The molecule has 1 aromatic carbocycles. The predicted octanol–water partition coefficient (Wildman–Crippen LogP) is 1.98. The molecule has 1 aliphatic heterocycles. The van der Waals surface area contributed by atoms with Gasteiger partial charge in [-0.25, -0.2) is 0 Å². The van der Waals surface area contributed by atoms with E-state index in [9.17, 15) is 0 Å². The summed E-state index contributed by atoms with van der Waals surface area (Å²) in [5, 5.41) is 9.57. The molecule has 0 aromatic heterocycles. The van der Waals surface area contributed by atoms with Crippen molar-refractivity contribution in [2.24, 2.45) is 0 Å². The molecule has 1 aliphatic rings. The van der Waals surface area contributed by atoms with Gasteiger partial charge in [-0.2, -0.15) is 5.26 Å². The van der Waals surface area contributed by atoms with Crippen molar-refractivity contribution in [1.82, 2.24) is 4.90 Å². The number of nitrogens with zero attached hydrogens (tertiary/aromatic N) is 3. The summed E-state index contributed by atoms with van der Waals surface area (Å²) in [5.74, 6) is 0. The zero-order valence-electron chi connectivity index (χ0n) is 11.1. The number of methoxy groups -OCH3 is 1. The highest BCUT2D eigenvalue weighted by atomic mass is 35.5. The van der Waals surface area contributed by atoms with Crippen LogP contribution in [0, 0.1) is 11.3 Å². The third-order valence-electron chi connectivity index (χ3n) is 3.42. The Morgan fingerprint density at radius 2 is 2.05 bits per heavy atom. The standard InChI is InChI=1S/C14H18ClN3O/c1-19-10-9-17-5-7-18(8-6-17)13-4-2-3-12(11-16)14(13)15/h2-4H,5-10H2,1H3. The van der Waals surface area contributed by atoms with Crippen LogP contribution in [0.15, 0.2) is 18.2 Å². The molecule has 0 aliphatic carbocycles. The van der Waals surface area contributed by atoms with Crippen LogP contribution in [0.2, 0.25) is 5.02 Å². The highest BCUT2D eigenvalue weighted by Gasteiger charge is 2.19. The second kappa shape index (κ2) is 6.76. The van der Waals surface area contributed by atoms with Gasteiger partial charge < -0.3 is 9.64 Å². The Bertz CT molecular complexity index is 464. The number of nitriles is 1. The van der Waals surface area contributed by atoms with Crippen LogP contribution in [0.1, 0.15) is 5.56 Å². The highest BCUT2D eigenvalue weighted by Crippen LogP contribution is 2.29. The Morgan fingerprint density at radius 3 is 2.68 bits per heavy atom. The van der Waals surface area contributed by atoms with Crippen LogP contribution < -0.4 is 4.90 Å². The summed E-state index contributed by atoms with van der Waals surface area (Å²) in [6.07, 6.45) is 0. The number of benzene rings is 1. The van der Waals surface area contributed by atoms with E-state index in [-0.39, 0.29) is 0 Å². The van der Waals surface area contributed by atoms with Crippen LogP contribution in [0.25, 0.3) is 0 Å². The molecule has 1 aromatic rings. The maximum Gasteiger partial charge on any atom is 0.101 e. The van der Waals surface area contributed by atoms with E-state index in [4.69, 9.17) is 21.6 Å². The Kier molecular flexibility index (Phi) is 5.03. The first kappa shape index (κ1) is 14.1. The van der Waals surface area contributed by atoms with E-state index in [1.54, 1.807) is 13.2 Å². The third kappa shape index (κ3) is 3.38. The lowest BCUT2D eigenvalue weighted by Gasteiger charge is -2.36. The summed E-state index contributed by atoms with van der Waals surface area (Å²) < 4.78 is 5.09. The van der Waals surface area contributed by atoms with E-state index in [0.717, 1.165) is 45.0 Å². The first-order valence-electron chi connectivity index (χ1n) is 6.41. The average Bonchev–Trinajstić information content (AvgIpc) is 2.46. The van der Waals surface area contributed by atoms with Gasteiger partial charge in [-0.05, 0) is 12.1 Å². The van der Waals surface area contributed by atoms with Gasteiger partial charge in [0.15, 0.2) is 0 Å². The second-order valence-electron chi connectivity index (χ2n) is 4.57. The molecule has 0 saturated carbocycles. The van der Waals surface area contributed by atoms with Crippen molar-refractivity contribution < 1.29 is 4.74 Å². The monoisotopic (exact) mass is 279 g/mol. The molecule has 0 amide bonds. The van der Waals surface area contributed by atoms with Gasteiger partial charge in [-0.15, -0.1) is 0 Å². The quantitative estimate of drug-likeness (QED) is 0.845. The van der Waals surface area contributed by atoms with Crippen molar-refractivity contribution in [2.45, 2.75) is 0 Å². The molecule has 1 saturated heterocycles. The number of hydrogen-bond acceptors (Lipinski definition) is 4. The molecular weight excluding hydrogens is 262 g/mol. The van der Waals surface area contributed by atoms with Gasteiger partial charge in [-0.1, -0.05) is 17.7 Å². The van der Waals surface area contributed by atoms with Gasteiger partial charge in [0.25, 0.3) is 0 Å². The molecule has 1 fully saturated rings. The molecule has 0 bridgehead atoms. The Hall–Kier alpha value is -1.28. The molecule has 0 N–H and O–H groups in total. The van der Waals surface area contributed by atoms with Gasteiger partial charge in [0.2, 0.25) is 0 Å². The number of anilines is 1. The fraction of sp³-hybridized carbons (Fsp3) is 0.500. The lowest BCUT2D eigenvalue weighted by molar-refractivity contribution is 0.144. The number of rotatable bonds is 4. The van der Waals surface area contributed by atoms with Crippen molar-refractivity contribution in [3.05, 3.63) is 28.8 Å². The highest BCUT2D eigenvalue weighted by molar-refractivity contribution is 6.34. The minimum Gasteiger partial charge on any atom is -0.383 e. The Balaban J connectivity index is 2.00. The lowest BCUT2D eigenvalue weighted by Crippen LogP contribution is -2.47. The van der Waals surface area contributed by atoms with Crippen LogP contribution in [0.4, 0.5) is 5.69 Å². The minimum absolute atomic E-state index is 0.543. The molecule has 1 heterocycles. The molecule has 19 heavy (non-hydrogen) atoms. The normalized spacial score (nSPS) is 16.4. The van der Waals surface area contributed by atoms with Crippen molar-refractivity contribution >= 4 is 17.3 Å². The van der Waals surface area contributed by atoms with E-state index < -0.39 is 0 Å². The summed E-state index contributed by atoms with van der Waals surface area (Å²) in [5.41, 5.74) is 1.51. The van der Waals surface area contributed by atoms with Crippen LogP contribution in [0.5, 0.6) is 0 Å². The van der Waals surface area contributed by atoms with Crippen molar-refractivity contribution in [3.63, 3.8) is 0 Å². The lowest BCUT2D eigenvalue weighted by atomic mass is 10.2. The molecule has 4 nitrogen and oxygen atoms in total. The molecule has 0 unspecified atom stereocenters. The number of piperazine rings is 1. The summed E-state index contributed by atoms with van der Waals surface area (Å²) in [6.45, 7) is 5.59. The molecule has 5 heteroatoms. The van der Waals surface area contributed by atoms with E-state index >= 15 is 0 Å². The van der Waals surface area contributed by atoms with Crippen LogP contribution >= 0.6 is 11.6 Å².